The van der Waals surface area contributed by atoms with Crippen molar-refractivity contribution in [1.29, 1.82) is 0 Å². The summed E-state index contributed by atoms with van der Waals surface area (Å²) < 4.78 is 40.0. The molecule has 0 bridgehead atoms. The smallest absolute Gasteiger partial charge is 0.325 e. The Morgan fingerprint density at radius 2 is 1.71 bits per heavy atom. The maximum absolute atomic E-state index is 13.5. The SMILES string of the molecule is O=C(CN1C(=O)N(CC(F)(F)F)C(=O)C12CCc1ccccc12)Nc1ccc2c(c1)CC(C(=O)Nc1ccccn1)C2. The summed E-state index contributed by atoms with van der Waals surface area (Å²) >= 11 is 0. The number of carbonyl (C=O) groups excluding carboxylic acids is 4. The first-order valence-corrected chi connectivity index (χ1v) is 13.5. The molecule has 2 N–H and O–H groups in total. The molecule has 2 heterocycles. The molecule has 1 aliphatic heterocycles. The molecule has 3 aromatic rings. The lowest BCUT2D eigenvalue weighted by Crippen LogP contribution is -2.48. The van der Waals surface area contributed by atoms with Crippen LogP contribution in [0.1, 0.15) is 28.7 Å². The van der Waals surface area contributed by atoms with Crippen LogP contribution in [-0.2, 0) is 39.2 Å². The summed E-state index contributed by atoms with van der Waals surface area (Å²) in [4.78, 5) is 57.9. The van der Waals surface area contributed by atoms with Crippen LogP contribution in [0.3, 0.4) is 0 Å². The summed E-state index contributed by atoms with van der Waals surface area (Å²) in [6, 6.07) is 16.1. The standard InChI is InChI=1S/C30H26F3N5O4/c31-30(32,33)17-37-27(41)29(11-10-18-5-1-2-6-23(18)29)38(28(37)42)16-25(39)35-22-9-8-19-13-21(14-20(19)15-22)26(40)36-24-7-3-4-12-34-24/h1-9,12,15,21H,10-11,13-14,16-17H2,(H,35,39)(H,34,36,40). The topological polar surface area (TPSA) is 112 Å². The van der Waals surface area contributed by atoms with Gasteiger partial charge in [0.1, 0.15) is 18.9 Å². The number of nitrogens with zero attached hydrogens (tertiary/aromatic N) is 3. The Morgan fingerprint density at radius 3 is 2.48 bits per heavy atom. The molecule has 1 fully saturated rings. The molecular formula is C30H26F3N5O4. The van der Waals surface area contributed by atoms with Crippen LogP contribution in [0.5, 0.6) is 0 Å². The first-order chi connectivity index (χ1) is 20.0. The molecule has 3 aliphatic rings. The largest absolute Gasteiger partial charge is 0.406 e. The van der Waals surface area contributed by atoms with Crippen molar-refractivity contribution in [2.45, 2.75) is 37.4 Å². The molecule has 12 heteroatoms. The third-order valence-corrected chi connectivity index (χ3v) is 8.09. The fourth-order valence-electron chi connectivity index (χ4n) is 6.24. The second kappa shape index (κ2) is 10.3. The highest BCUT2D eigenvalue weighted by molar-refractivity contribution is 6.10. The van der Waals surface area contributed by atoms with Gasteiger partial charge >= 0.3 is 12.2 Å². The van der Waals surface area contributed by atoms with Gasteiger partial charge in [0.05, 0.1) is 0 Å². The Labute approximate surface area is 238 Å². The van der Waals surface area contributed by atoms with E-state index in [9.17, 15) is 32.3 Å². The van der Waals surface area contributed by atoms with E-state index in [0.717, 1.165) is 21.6 Å². The number of fused-ring (bicyclic) bond motifs is 3. The van der Waals surface area contributed by atoms with Crippen molar-refractivity contribution in [3.8, 4) is 0 Å². The van der Waals surface area contributed by atoms with Crippen LogP contribution in [0, 0.1) is 5.92 Å². The molecule has 1 aromatic heterocycles. The first kappa shape index (κ1) is 27.4. The predicted molar refractivity (Wildman–Crippen MR) is 145 cm³/mol. The minimum Gasteiger partial charge on any atom is -0.325 e. The number of nitrogens with one attached hydrogen (secondary N) is 2. The van der Waals surface area contributed by atoms with Gasteiger partial charge < -0.3 is 10.6 Å². The molecule has 2 aliphatic carbocycles. The van der Waals surface area contributed by atoms with Crippen LogP contribution in [0.4, 0.5) is 29.5 Å². The Bertz CT molecular complexity index is 1600. The van der Waals surface area contributed by atoms with Gasteiger partial charge in [-0.15, -0.1) is 0 Å². The summed E-state index contributed by atoms with van der Waals surface area (Å²) in [6.45, 7) is -2.34. The molecule has 1 spiro atoms. The molecule has 42 heavy (non-hydrogen) atoms. The molecule has 0 radical (unpaired) electrons. The average Bonchev–Trinajstić information content (AvgIpc) is 3.61. The molecule has 2 unspecified atom stereocenters. The van der Waals surface area contributed by atoms with Crippen molar-refractivity contribution in [2.24, 2.45) is 5.92 Å². The molecule has 216 valence electrons. The number of imide groups is 1. The number of benzene rings is 2. The van der Waals surface area contributed by atoms with Crippen LogP contribution < -0.4 is 10.6 Å². The van der Waals surface area contributed by atoms with Gasteiger partial charge in [0, 0.05) is 17.8 Å². The Kier molecular flexibility index (Phi) is 6.71. The van der Waals surface area contributed by atoms with Crippen LogP contribution in [-0.4, -0.2) is 57.8 Å². The van der Waals surface area contributed by atoms with Crippen molar-refractivity contribution >= 4 is 35.3 Å². The highest BCUT2D eigenvalue weighted by atomic mass is 19.4. The normalized spacial score (nSPS) is 21.1. The molecule has 2 aromatic carbocycles. The zero-order valence-electron chi connectivity index (χ0n) is 22.3. The predicted octanol–water partition coefficient (Wildman–Crippen LogP) is 4.04. The summed E-state index contributed by atoms with van der Waals surface area (Å²) in [5.41, 5.74) is 1.75. The third-order valence-electron chi connectivity index (χ3n) is 8.09. The Morgan fingerprint density at radius 1 is 0.952 bits per heavy atom. The van der Waals surface area contributed by atoms with Gasteiger partial charge in [-0.3, -0.25) is 24.2 Å². The molecule has 2 atom stereocenters. The minimum absolute atomic E-state index is 0.0827. The fraction of sp³-hybridized carbons (Fsp3) is 0.300. The number of aromatic nitrogens is 1. The van der Waals surface area contributed by atoms with E-state index in [2.05, 4.69) is 15.6 Å². The van der Waals surface area contributed by atoms with E-state index < -0.39 is 42.7 Å². The van der Waals surface area contributed by atoms with Crippen LogP contribution in [0.15, 0.2) is 66.9 Å². The van der Waals surface area contributed by atoms with Crippen LogP contribution >= 0.6 is 0 Å². The summed E-state index contributed by atoms with van der Waals surface area (Å²) in [6.07, 6.45) is -1.78. The number of aryl methyl sites for hydroxylation is 1. The van der Waals surface area contributed by atoms with E-state index in [1.54, 1.807) is 60.8 Å². The molecule has 5 amide bonds. The zero-order chi connectivity index (χ0) is 29.6. The van der Waals surface area contributed by atoms with E-state index in [0.29, 0.717) is 36.3 Å². The summed E-state index contributed by atoms with van der Waals surface area (Å²) in [5, 5.41) is 5.52. The lowest BCUT2D eigenvalue weighted by atomic mass is 9.90. The molecule has 1 saturated heterocycles. The third kappa shape index (κ3) is 4.86. The Balaban J connectivity index is 1.18. The second-order valence-corrected chi connectivity index (χ2v) is 10.7. The highest BCUT2D eigenvalue weighted by Gasteiger charge is 2.62. The van der Waals surface area contributed by atoms with Crippen LogP contribution in [0.25, 0.3) is 0 Å². The number of hydrogen-bond acceptors (Lipinski definition) is 5. The number of rotatable bonds is 6. The maximum Gasteiger partial charge on any atom is 0.406 e. The summed E-state index contributed by atoms with van der Waals surface area (Å²) in [5.74, 6) is -1.66. The average molecular weight is 578 g/mol. The highest BCUT2D eigenvalue weighted by Crippen LogP contribution is 2.47. The van der Waals surface area contributed by atoms with Crippen molar-refractivity contribution in [1.82, 2.24) is 14.8 Å². The number of halogens is 3. The quantitative estimate of drug-likeness (QED) is 0.430. The lowest BCUT2D eigenvalue weighted by molar-refractivity contribution is -0.155. The number of carbonyl (C=O) groups is 4. The van der Waals surface area contributed by atoms with Crippen molar-refractivity contribution in [3.63, 3.8) is 0 Å². The van der Waals surface area contributed by atoms with Gasteiger partial charge in [0.25, 0.3) is 5.91 Å². The number of alkyl halides is 3. The molecule has 0 saturated carbocycles. The maximum atomic E-state index is 13.5. The van der Waals surface area contributed by atoms with E-state index in [-0.39, 0.29) is 23.1 Å². The fourth-order valence-corrected chi connectivity index (χ4v) is 6.24. The number of urea groups is 1. The van der Waals surface area contributed by atoms with Gasteiger partial charge in [-0.2, -0.15) is 13.2 Å². The van der Waals surface area contributed by atoms with Crippen molar-refractivity contribution < 1.29 is 32.3 Å². The van der Waals surface area contributed by atoms with Gasteiger partial charge in [0.2, 0.25) is 11.8 Å². The number of amides is 5. The zero-order valence-corrected chi connectivity index (χ0v) is 22.3. The van der Waals surface area contributed by atoms with E-state index in [1.807, 2.05) is 6.07 Å². The minimum atomic E-state index is -4.79. The van der Waals surface area contributed by atoms with Crippen molar-refractivity contribution in [2.75, 3.05) is 23.7 Å². The number of anilines is 2. The van der Waals surface area contributed by atoms with E-state index in [4.69, 9.17) is 0 Å². The molecular weight excluding hydrogens is 551 g/mol. The van der Waals surface area contributed by atoms with Gasteiger partial charge in [-0.25, -0.2) is 9.78 Å². The Hall–Kier alpha value is -4.74. The van der Waals surface area contributed by atoms with Gasteiger partial charge in [-0.05, 0) is 72.2 Å². The first-order valence-electron chi connectivity index (χ1n) is 13.5. The number of hydrogen-bond donors (Lipinski definition) is 2. The monoisotopic (exact) mass is 577 g/mol. The number of pyridine rings is 1. The lowest BCUT2D eigenvalue weighted by Gasteiger charge is -2.32. The van der Waals surface area contributed by atoms with Gasteiger partial charge in [-0.1, -0.05) is 36.4 Å². The van der Waals surface area contributed by atoms with Crippen LogP contribution in [0.2, 0.25) is 0 Å². The molecule has 6 rings (SSSR count). The summed E-state index contributed by atoms with van der Waals surface area (Å²) in [7, 11) is 0. The van der Waals surface area contributed by atoms with Gasteiger partial charge in [0.15, 0.2) is 5.54 Å². The van der Waals surface area contributed by atoms with E-state index >= 15 is 0 Å². The van der Waals surface area contributed by atoms with E-state index in [1.165, 1.54) is 0 Å². The second-order valence-electron chi connectivity index (χ2n) is 10.7. The molecule has 9 nitrogen and oxygen atoms in total. The van der Waals surface area contributed by atoms with Crippen molar-refractivity contribution in [3.05, 3.63) is 89.1 Å².